The van der Waals surface area contributed by atoms with Gasteiger partial charge in [-0.25, -0.2) is 14.4 Å². The van der Waals surface area contributed by atoms with Gasteiger partial charge >= 0.3 is 5.97 Å². The van der Waals surface area contributed by atoms with E-state index >= 15 is 0 Å². The summed E-state index contributed by atoms with van der Waals surface area (Å²) < 4.78 is 24.9. The number of nitrogens with one attached hydrogen (secondary N) is 2. The molecule has 0 spiro atoms. The second-order valence-electron chi connectivity index (χ2n) is 12.0. The number of carbonyl (C=O) groups is 3. The molecule has 1 saturated carbocycles. The summed E-state index contributed by atoms with van der Waals surface area (Å²) in [5.41, 5.74) is 1.65. The van der Waals surface area contributed by atoms with Gasteiger partial charge in [-0.1, -0.05) is 17.7 Å². The van der Waals surface area contributed by atoms with Crippen molar-refractivity contribution in [2.75, 3.05) is 43.9 Å². The lowest BCUT2D eigenvalue weighted by atomic mass is 10.0. The van der Waals surface area contributed by atoms with E-state index in [-0.39, 0.29) is 28.8 Å². The van der Waals surface area contributed by atoms with Crippen LogP contribution in [0.5, 0.6) is 5.75 Å². The maximum atomic E-state index is 13.7. The number of piperidine rings is 1. The van der Waals surface area contributed by atoms with Crippen molar-refractivity contribution >= 4 is 57.5 Å². The molecule has 2 saturated heterocycles. The van der Waals surface area contributed by atoms with Gasteiger partial charge in [0, 0.05) is 61.7 Å². The number of halogens is 2. The average Bonchev–Trinajstić information content (AvgIpc) is 3.78. The van der Waals surface area contributed by atoms with Gasteiger partial charge in [0.1, 0.15) is 23.7 Å². The number of hydrogen-bond acceptors (Lipinski definition) is 9. The summed E-state index contributed by atoms with van der Waals surface area (Å²) in [6.45, 7) is 2.31. The van der Waals surface area contributed by atoms with E-state index in [0.29, 0.717) is 78.8 Å². The molecule has 2 amide bonds. The highest BCUT2D eigenvalue weighted by atomic mass is 35.5. The van der Waals surface area contributed by atoms with E-state index in [1.807, 2.05) is 13.1 Å². The average molecular weight is 651 g/mol. The first-order valence-electron chi connectivity index (χ1n) is 15.5. The van der Waals surface area contributed by atoms with E-state index in [0.717, 1.165) is 25.7 Å². The van der Waals surface area contributed by atoms with Gasteiger partial charge in [0.2, 0.25) is 5.91 Å². The van der Waals surface area contributed by atoms with Crippen LogP contribution in [-0.4, -0.2) is 83.0 Å². The number of benzene rings is 2. The van der Waals surface area contributed by atoms with Crippen molar-refractivity contribution in [1.82, 2.24) is 19.8 Å². The molecule has 1 aromatic heterocycles. The third kappa shape index (κ3) is 7.73. The summed E-state index contributed by atoms with van der Waals surface area (Å²) in [5, 5.41) is 6.73. The number of likely N-dealkylation sites (N-methyl/N-ethyl adjacent to an activating group) is 1. The third-order valence-corrected chi connectivity index (χ3v) is 8.86. The van der Waals surface area contributed by atoms with Crippen LogP contribution in [0.2, 0.25) is 5.02 Å². The smallest absolute Gasteiger partial charge is 0.306 e. The largest absolute Gasteiger partial charge is 0.491 e. The van der Waals surface area contributed by atoms with Gasteiger partial charge in [0.25, 0.3) is 5.91 Å². The van der Waals surface area contributed by atoms with Crippen LogP contribution in [0.1, 0.15) is 38.5 Å². The molecule has 3 fully saturated rings. The van der Waals surface area contributed by atoms with E-state index in [4.69, 9.17) is 21.1 Å². The topological polar surface area (TPSA) is 126 Å². The molecular formula is C33H36ClFN6O5. The molecule has 6 rings (SSSR count). The summed E-state index contributed by atoms with van der Waals surface area (Å²) in [4.78, 5) is 49.8. The first-order chi connectivity index (χ1) is 22.2. The van der Waals surface area contributed by atoms with Gasteiger partial charge in [-0.15, -0.1) is 0 Å². The maximum absolute atomic E-state index is 13.7. The first kappa shape index (κ1) is 31.7. The molecule has 2 aliphatic heterocycles. The Balaban J connectivity index is 1.09. The fraction of sp³-hybridized carbons (Fsp3) is 0.424. The van der Waals surface area contributed by atoms with Crippen molar-refractivity contribution in [2.24, 2.45) is 5.92 Å². The highest BCUT2D eigenvalue weighted by molar-refractivity contribution is 6.31. The lowest BCUT2D eigenvalue weighted by Crippen LogP contribution is -2.48. The van der Waals surface area contributed by atoms with Crippen LogP contribution >= 0.6 is 11.6 Å². The fourth-order valence-electron chi connectivity index (χ4n) is 5.68. The predicted octanol–water partition coefficient (Wildman–Crippen LogP) is 5.08. The maximum Gasteiger partial charge on any atom is 0.306 e. The minimum absolute atomic E-state index is 0.0155. The number of amides is 2. The second-order valence-corrected chi connectivity index (χ2v) is 12.4. The summed E-state index contributed by atoms with van der Waals surface area (Å²) in [5.74, 6) is 0.236. The Kier molecular flexibility index (Phi) is 9.64. The molecule has 1 unspecified atom stereocenters. The summed E-state index contributed by atoms with van der Waals surface area (Å²) in [6.07, 6.45) is 8.67. The molecule has 3 aliphatic rings. The SMILES string of the molecule is CN(C/C=C/C(=O)Nc1cc2c(Nc3ccc(F)c(Cl)c3)ncnc2cc1OCC1CC1)C1CCN(C(=O)C2CCC(=O)O2)CC1. The summed E-state index contributed by atoms with van der Waals surface area (Å²) >= 11 is 5.97. The van der Waals surface area contributed by atoms with Crippen LogP contribution in [0.4, 0.5) is 21.6 Å². The zero-order chi connectivity index (χ0) is 32.2. The summed E-state index contributed by atoms with van der Waals surface area (Å²) in [7, 11) is 2.00. The van der Waals surface area contributed by atoms with Crippen molar-refractivity contribution < 1.29 is 28.2 Å². The monoisotopic (exact) mass is 650 g/mol. The van der Waals surface area contributed by atoms with Crippen LogP contribution in [0.3, 0.4) is 0 Å². The number of carbonyl (C=O) groups excluding carboxylic acids is 3. The molecule has 11 nitrogen and oxygen atoms in total. The normalized spacial score (nSPS) is 18.7. The summed E-state index contributed by atoms with van der Waals surface area (Å²) in [6, 6.07) is 8.11. The molecule has 1 atom stereocenters. The minimum Gasteiger partial charge on any atom is -0.491 e. The Morgan fingerprint density at radius 3 is 2.67 bits per heavy atom. The fourth-order valence-corrected chi connectivity index (χ4v) is 5.86. The number of nitrogens with zero attached hydrogens (tertiary/aromatic N) is 4. The van der Waals surface area contributed by atoms with Crippen LogP contribution < -0.4 is 15.4 Å². The van der Waals surface area contributed by atoms with E-state index < -0.39 is 11.9 Å². The Bertz CT molecular complexity index is 1660. The highest BCUT2D eigenvalue weighted by Gasteiger charge is 2.35. The molecule has 2 aromatic carbocycles. The number of cyclic esters (lactones) is 1. The van der Waals surface area contributed by atoms with E-state index in [2.05, 4.69) is 25.5 Å². The highest BCUT2D eigenvalue weighted by Crippen LogP contribution is 2.36. The quantitative estimate of drug-likeness (QED) is 0.216. The number of likely N-dealkylation sites (tertiary alicyclic amines) is 1. The van der Waals surface area contributed by atoms with Crippen LogP contribution in [0, 0.1) is 11.7 Å². The molecule has 2 N–H and O–H groups in total. The number of aromatic nitrogens is 2. The third-order valence-electron chi connectivity index (χ3n) is 8.57. The van der Waals surface area contributed by atoms with Crippen molar-refractivity contribution in [3.05, 3.63) is 59.7 Å². The lowest BCUT2D eigenvalue weighted by molar-refractivity contribution is -0.153. The van der Waals surface area contributed by atoms with Crippen LogP contribution in [0.25, 0.3) is 10.9 Å². The number of anilines is 3. The molecule has 1 aliphatic carbocycles. The van der Waals surface area contributed by atoms with Crippen molar-refractivity contribution in [2.45, 2.75) is 50.7 Å². The second kappa shape index (κ2) is 14.0. The zero-order valence-electron chi connectivity index (χ0n) is 25.5. The van der Waals surface area contributed by atoms with Gasteiger partial charge in [-0.3, -0.25) is 19.3 Å². The van der Waals surface area contributed by atoms with Crippen LogP contribution in [-0.2, 0) is 19.1 Å². The Morgan fingerprint density at radius 2 is 1.96 bits per heavy atom. The lowest BCUT2D eigenvalue weighted by Gasteiger charge is -2.37. The predicted molar refractivity (Wildman–Crippen MR) is 172 cm³/mol. The number of esters is 1. The number of rotatable bonds is 11. The number of ether oxygens (including phenoxy) is 2. The number of hydrogen-bond donors (Lipinski definition) is 2. The molecular weight excluding hydrogens is 615 g/mol. The van der Waals surface area contributed by atoms with E-state index in [1.54, 1.807) is 23.1 Å². The number of fused-ring (bicyclic) bond motifs is 1. The molecule has 3 heterocycles. The molecule has 13 heteroatoms. The standard InChI is InChI=1S/C33H36ClFN6O5/c1-40(22-10-13-41(14-11-22)33(44)28-8-9-31(43)46-28)12-2-3-30(42)39-27-16-23-26(17-29(27)45-18-20-4-5-20)36-19-37-32(23)38-21-6-7-25(35)24(34)15-21/h2-3,6-7,15-17,19-20,22,28H,4-5,8-14,18H2,1H3,(H,39,42)(H,36,37,38)/b3-2+. The van der Waals surface area contributed by atoms with E-state index in [1.165, 1.54) is 24.5 Å². The Morgan fingerprint density at radius 1 is 1.15 bits per heavy atom. The Labute approximate surface area is 271 Å². The molecule has 46 heavy (non-hydrogen) atoms. The molecule has 0 radical (unpaired) electrons. The molecule has 3 aromatic rings. The van der Waals surface area contributed by atoms with Gasteiger partial charge in [0.05, 0.1) is 22.8 Å². The van der Waals surface area contributed by atoms with Crippen molar-refractivity contribution in [3.8, 4) is 5.75 Å². The van der Waals surface area contributed by atoms with E-state index in [9.17, 15) is 18.8 Å². The first-order valence-corrected chi connectivity index (χ1v) is 15.9. The molecule has 0 bridgehead atoms. The van der Waals surface area contributed by atoms with Gasteiger partial charge < -0.3 is 25.0 Å². The zero-order valence-corrected chi connectivity index (χ0v) is 26.3. The van der Waals surface area contributed by atoms with Crippen molar-refractivity contribution in [3.63, 3.8) is 0 Å². The van der Waals surface area contributed by atoms with Crippen molar-refractivity contribution in [1.29, 1.82) is 0 Å². The van der Waals surface area contributed by atoms with Crippen LogP contribution in [0.15, 0.2) is 48.8 Å². The van der Waals surface area contributed by atoms with Gasteiger partial charge in [-0.05, 0) is 62.9 Å². The molecule has 242 valence electrons. The Hall–Kier alpha value is -4.29. The van der Waals surface area contributed by atoms with Gasteiger partial charge in [-0.2, -0.15) is 0 Å². The van der Waals surface area contributed by atoms with Gasteiger partial charge in [0.15, 0.2) is 6.10 Å². The minimum atomic E-state index is -0.644.